The Hall–Kier alpha value is -3.19. The van der Waals surface area contributed by atoms with Crippen molar-refractivity contribution in [3.05, 3.63) is 54.4 Å². The number of benzene rings is 2. The maximum Gasteiger partial charge on any atom is 0.141 e. The highest BCUT2D eigenvalue weighted by molar-refractivity contribution is 5.96. The van der Waals surface area contributed by atoms with Crippen LogP contribution < -0.4 is 20.2 Å². The summed E-state index contributed by atoms with van der Waals surface area (Å²) in [6.07, 6.45) is 1.42. The maximum atomic E-state index is 11.0. The van der Waals surface area contributed by atoms with Crippen LogP contribution in [-0.4, -0.2) is 49.2 Å². The number of aromatic carboxylic acids is 1. The second-order valence-electron chi connectivity index (χ2n) is 6.86. The smallest absolute Gasteiger partial charge is 0.141 e. The van der Waals surface area contributed by atoms with E-state index in [4.69, 9.17) is 0 Å². The molecule has 0 unspecified atom stereocenters. The molecule has 0 radical (unpaired) electrons. The molecule has 1 aliphatic heterocycles. The summed E-state index contributed by atoms with van der Waals surface area (Å²) in [7, 11) is 2.23. The third-order valence-corrected chi connectivity index (χ3v) is 4.98. The fourth-order valence-corrected chi connectivity index (χ4v) is 3.32. The number of piperazine rings is 1. The summed E-state index contributed by atoms with van der Waals surface area (Å²) in [5, 5.41) is 15.1. The van der Waals surface area contributed by atoms with Gasteiger partial charge in [0.25, 0.3) is 0 Å². The number of fused-ring (bicyclic) bond motifs is 1. The molecule has 27 heavy (non-hydrogen) atoms. The number of aromatic nitrogens is 2. The number of quaternary nitrogens is 1. The molecule has 0 atom stereocenters. The minimum Gasteiger partial charge on any atom is -0.545 e. The second-order valence-corrected chi connectivity index (χ2v) is 6.86. The molecule has 7 heteroatoms. The van der Waals surface area contributed by atoms with Crippen LogP contribution in [-0.2, 0) is 0 Å². The molecule has 0 amide bonds. The van der Waals surface area contributed by atoms with Crippen LogP contribution in [0, 0.1) is 0 Å². The summed E-state index contributed by atoms with van der Waals surface area (Å²) in [6.45, 7) is 4.44. The minimum atomic E-state index is -1.22. The van der Waals surface area contributed by atoms with Crippen LogP contribution in [0.1, 0.15) is 10.4 Å². The quantitative estimate of drug-likeness (QED) is 0.682. The van der Waals surface area contributed by atoms with Crippen molar-refractivity contribution in [2.45, 2.75) is 0 Å². The fraction of sp³-hybridized carbons (Fsp3) is 0.250. The van der Waals surface area contributed by atoms with E-state index in [-0.39, 0.29) is 5.56 Å². The molecule has 1 aromatic heterocycles. The Kier molecular flexibility index (Phi) is 4.60. The van der Waals surface area contributed by atoms with Gasteiger partial charge in [0.1, 0.15) is 12.1 Å². The molecule has 4 rings (SSSR count). The summed E-state index contributed by atoms with van der Waals surface area (Å²) >= 11 is 0. The molecule has 138 valence electrons. The monoisotopic (exact) mass is 363 g/mol. The van der Waals surface area contributed by atoms with Crippen LogP contribution in [0.4, 0.5) is 17.2 Å². The number of rotatable bonds is 4. The number of likely N-dealkylation sites (N-methyl/N-ethyl adjacent to an activating group) is 1. The van der Waals surface area contributed by atoms with E-state index in [0.29, 0.717) is 11.3 Å². The number of nitrogens with zero attached hydrogens (tertiary/aromatic N) is 3. The molecule has 0 spiro atoms. The molecule has 2 heterocycles. The largest absolute Gasteiger partial charge is 0.545 e. The van der Waals surface area contributed by atoms with Gasteiger partial charge in [-0.05, 0) is 42.0 Å². The first kappa shape index (κ1) is 17.2. The van der Waals surface area contributed by atoms with E-state index in [9.17, 15) is 9.90 Å². The van der Waals surface area contributed by atoms with E-state index < -0.39 is 5.97 Å². The predicted molar refractivity (Wildman–Crippen MR) is 102 cm³/mol. The SMILES string of the molecule is C[NH+]1CCN(c2ccc(Nc3ncnc4cc(C(=O)[O-])ccc34)cc2)CC1. The molecule has 2 aromatic carbocycles. The van der Waals surface area contributed by atoms with Gasteiger partial charge in [0.2, 0.25) is 0 Å². The van der Waals surface area contributed by atoms with Crippen LogP contribution in [0.25, 0.3) is 10.9 Å². The van der Waals surface area contributed by atoms with E-state index in [1.54, 1.807) is 11.0 Å². The Morgan fingerprint density at radius 2 is 1.85 bits per heavy atom. The molecular formula is C20H21N5O2. The lowest BCUT2D eigenvalue weighted by atomic mass is 10.1. The van der Waals surface area contributed by atoms with Crippen molar-refractivity contribution in [3.8, 4) is 0 Å². The van der Waals surface area contributed by atoms with Gasteiger partial charge in [-0.1, -0.05) is 6.07 Å². The zero-order valence-electron chi connectivity index (χ0n) is 15.1. The number of hydrogen-bond acceptors (Lipinski definition) is 6. The van der Waals surface area contributed by atoms with Gasteiger partial charge in [0.05, 0.1) is 44.7 Å². The summed E-state index contributed by atoms with van der Waals surface area (Å²) in [5.74, 6) is -0.577. The molecule has 0 bridgehead atoms. The van der Waals surface area contributed by atoms with Gasteiger partial charge in [-0.25, -0.2) is 9.97 Å². The first-order valence-electron chi connectivity index (χ1n) is 8.99. The van der Waals surface area contributed by atoms with Crippen molar-refractivity contribution < 1.29 is 14.8 Å². The van der Waals surface area contributed by atoms with Crippen molar-refractivity contribution in [1.82, 2.24) is 9.97 Å². The van der Waals surface area contributed by atoms with Crippen molar-refractivity contribution in [1.29, 1.82) is 0 Å². The number of carbonyl (C=O) groups is 1. The lowest BCUT2D eigenvalue weighted by Crippen LogP contribution is -3.12. The van der Waals surface area contributed by atoms with Crippen LogP contribution in [0.15, 0.2) is 48.8 Å². The Morgan fingerprint density at radius 3 is 2.56 bits per heavy atom. The third kappa shape index (κ3) is 3.68. The normalized spacial score (nSPS) is 15.1. The van der Waals surface area contributed by atoms with Gasteiger partial charge < -0.3 is 25.0 Å². The van der Waals surface area contributed by atoms with E-state index in [1.165, 1.54) is 24.1 Å². The fourth-order valence-electron chi connectivity index (χ4n) is 3.32. The first-order valence-corrected chi connectivity index (χ1v) is 8.99. The number of anilines is 3. The number of nitrogens with one attached hydrogen (secondary N) is 2. The molecule has 1 fully saturated rings. The molecule has 1 saturated heterocycles. The minimum absolute atomic E-state index is 0.102. The van der Waals surface area contributed by atoms with E-state index in [0.717, 1.165) is 37.3 Å². The van der Waals surface area contributed by atoms with Gasteiger partial charge in [0.15, 0.2) is 0 Å². The number of carbonyl (C=O) groups excluding carboxylic acids is 1. The van der Waals surface area contributed by atoms with E-state index in [2.05, 4.69) is 39.4 Å². The summed E-state index contributed by atoms with van der Waals surface area (Å²) in [4.78, 5) is 23.5. The van der Waals surface area contributed by atoms with Crippen molar-refractivity contribution in [3.63, 3.8) is 0 Å². The molecular weight excluding hydrogens is 342 g/mol. The van der Waals surface area contributed by atoms with Crippen molar-refractivity contribution in [2.24, 2.45) is 0 Å². The van der Waals surface area contributed by atoms with Gasteiger partial charge in [-0.3, -0.25) is 0 Å². The van der Waals surface area contributed by atoms with E-state index >= 15 is 0 Å². The predicted octanol–water partition coefficient (Wildman–Crippen LogP) is 0.0716. The zero-order chi connectivity index (χ0) is 18.8. The van der Waals surface area contributed by atoms with Gasteiger partial charge >= 0.3 is 0 Å². The lowest BCUT2D eigenvalue weighted by Gasteiger charge is -2.31. The number of hydrogen-bond donors (Lipinski definition) is 2. The van der Waals surface area contributed by atoms with Gasteiger partial charge in [-0.15, -0.1) is 0 Å². The van der Waals surface area contributed by atoms with E-state index in [1.807, 2.05) is 12.1 Å². The number of carboxylic acids is 1. The molecule has 7 nitrogen and oxygen atoms in total. The van der Waals surface area contributed by atoms with Gasteiger partial charge in [0, 0.05) is 16.8 Å². The van der Waals surface area contributed by atoms with Crippen LogP contribution >= 0.6 is 0 Å². The Bertz CT molecular complexity index is 966. The average molecular weight is 363 g/mol. The summed E-state index contributed by atoms with van der Waals surface area (Å²) in [5.41, 5.74) is 2.80. The lowest BCUT2D eigenvalue weighted by molar-refractivity contribution is -0.880. The average Bonchev–Trinajstić information content (AvgIpc) is 2.69. The highest BCUT2D eigenvalue weighted by Gasteiger charge is 2.16. The van der Waals surface area contributed by atoms with Crippen molar-refractivity contribution in [2.75, 3.05) is 43.4 Å². The highest BCUT2D eigenvalue weighted by atomic mass is 16.4. The summed E-state index contributed by atoms with van der Waals surface area (Å²) in [6, 6.07) is 13.0. The maximum absolute atomic E-state index is 11.0. The second kappa shape index (κ2) is 7.20. The molecule has 3 aromatic rings. The van der Waals surface area contributed by atoms with Crippen molar-refractivity contribution >= 4 is 34.1 Å². The van der Waals surface area contributed by atoms with Crippen LogP contribution in [0.5, 0.6) is 0 Å². The van der Waals surface area contributed by atoms with Crippen LogP contribution in [0.3, 0.4) is 0 Å². The highest BCUT2D eigenvalue weighted by Crippen LogP contribution is 2.25. The molecule has 0 saturated carbocycles. The topological polar surface area (TPSA) is 85.6 Å². The zero-order valence-corrected chi connectivity index (χ0v) is 15.1. The number of carboxylic acid groups (broad SMARTS) is 1. The Morgan fingerprint density at radius 1 is 1.11 bits per heavy atom. The van der Waals surface area contributed by atoms with Crippen LogP contribution in [0.2, 0.25) is 0 Å². The Labute approximate surface area is 157 Å². The Balaban J connectivity index is 1.54. The standard InChI is InChI=1S/C20H21N5O2/c1-24-8-10-25(11-9-24)16-5-3-15(4-6-16)23-19-17-7-2-14(20(26)27)12-18(17)21-13-22-19/h2-7,12-13H,8-11H2,1H3,(H,26,27)(H,21,22,23). The molecule has 2 N–H and O–H groups in total. The third-order valence-electron chi connectivity index (χ3n) is 4.98. The summed E-state index contributed by atoms with van der Waals surface area (Å²) < 4.78 is 0. The molecule has 0 aliphatic carbocycles. The van der Waals surface area contributed by atoms with Gasteiger partial charge in [-0.2, -0.15) is 0 Å². The first-order chi connectivity index (χ1) is 13.1. The molecule has 1 aliphatic rings.